The minimum atomic E-state index is -3.56. The van der Waals surface area contributed by atoms with Crippen molar-refractivity contribution >= 4 is 59.1 Å². The average Bonchev–Trinajstić information content (AvgIpc) is 3.13. The highest BCUT2D eigenvalue weighted by Gasteiger charge is 2.19. The predicted octanol–water partition coefficient (Wildman–Crippen LogP) is 4.08. The zero-order chi connectivity index (χ0) is 24.6. The Bertz CT molecular complexity index is 1540. The fraction of sp³-hybridized carbons (Fsp3) is 0.174. The number of benzene rings is 2. The number of hydrogen-bond acceptors (Lipinski definition) is 6. The molecular formula is C23H21BrN4O4S2. The maximum Gasteiger partial charge on any atom is 0.263 e. The van der Waals surface area contributed by atoms with Crippen LogP contribution in [0.2, 0.25) is 0 Å². The molecule has 4 aromatic rings. The monoisotopic (exact) mass is 560 g/mol. The molecule has 34 heavy (non-hydrogen) atoms. The number of hydrogen-bond donors (Lipinski definition) is 1. The van der Waals surface area contributed by atoms with E-state index in [2.05, 4.69) is 26.2 Å². The standard InChI is InChI=1S/C23H21BrN4O4S2/c1-14-20(15-4-6-16(24)7-5-15)21-22(33-14)25-13-28(23(21)30)12-19(29)26-17-8-10-18(11-9-17)34(31,32)27(2)3/h4-11,13H,12H2,1-3H3,(H,26,29). The number of carbonyl (C=O) groups is 1. The number of halogens is 1. The van der Waals surface area contributed by atoms with Gasteiger partial charge in [0.05, 0.1) is 16.6 Å². The van der Waals surface area contributed by atoms with Gasteiger partial charge in [0.25, 0.3) is 5.56 Å². The summed E-state index contributed by atoms with van der Waals surface area (Å²) in [6.45, 7) is 1.72. The molecule has 0 saturated carbocycles. The molecular weight excluding hydrogens is 540 g/mol. The number of nitrogens with zero attached hydrogens (tertiary/aromatic N) is 3. The molecule has 1 N–H and O–H groups in total. The molecule has 0 aliphatic rings. The molecule has 4 rings (SSSR count). The molecule has 0 unspecified atom stereocenters. The lowest BCUT2D eigenvalue weighted by atomic mass is 10.0. The SMILES string of the molecule is Cc1sc2ncn(CC(=O)Nc3ccc(S(=O)(=O)N(C)C)cc3)c(=O)c2c1-c1ccc(Br)cc1. The van der Waals surface area contributed by atoms with Crippen molar-refractivity contribution in [3.05, 3.63) is 74.6 Å². The highest BCUT2D eigenvalue weighted by molar-refractivity contribution is 9.10. The van der Waals surface area contributed by atoms with Gasteiger partial charge in [-0.3, -0.25) is 14.2 Å². The highest BCUT2D eigenvalue weighted by Crippen LogP contribution is 2.35. The lowest BCUT2D eigenvalue weighted by Gasteiger charge is -2.12. The number of carbonyl (C=O) groups excluding carboxylic acids is 1. The van der Waals surface area contributed by atoms with Crippen LogP contribution >= 0.6 is 27.3 Å². The summed E-state index contributed by atoms with van der Waals surface area (Å²) in [4.78, 5) is 32.0. The van der Waals surface area contributed by atoms with Crippen LogP contribution in [0.3, 0.4) is 0 Å². The summed E-state index contributed by atoms with van der Waals surface area (Å²) in [5, 5.41) is 3.18. The van der Waals surface area contributed by atoms with E-state index in [0.717, 1.165) is 24.8 Å². The second-order valence-corrected chi connectivity index (χ2v) is 12.0. The Balaban J connectivity index is 1.60. The smallest absolute Gasteiger partial charge is 0.263 e. The zero-order valence-corrected chi connectivity index (χ0v) is 21.8. The van der Waals surface area contributed by atoms with Crippen LogP contribution in [0.4, 0.5) is 5.69 Å². The molecule has 0 atom stereocenters. The molecule has 0 radical (unpaired) electrons. The molecule has 1 amide bonds. The van der Waals surface area contributed by atoms with Crippen LogP contribution in [0, 0.1) is 6.92 Å². The van der Waals surface area contributed by atoms with E-state index in [9.17, 15) is 18.0 Å². The van der Waals surface area contributed by atoms with E-state index >= 15 is 0 Å². The van der Waals surface area contributed by atoms with Gasteiger partial charge in [-0.25, -0.2) is 17.7 Å². The number of aryl methyl sites for hydroxylation is 1. The van der Waals surface area contributed by atoms with Crippen LogP contribution < -0.4 is 10.9 Å². The third-order valence-electron chi connectivity index (χ3n) is 5.22. The van der Waals surface area contributed by atoms with Gasteiger partial charge in [-0.1, -0.05) is 28.1 Å². The number of sulfonamides is 1. The summed E-state index contributed by atoms with van der Waals surface area (Å²) in [5.41, 5.74) is 1.85. The van der Waals surface area contributed by atoms with Gasteiger partial charge in [0.15, 0.2) is 0 Å². The van der Waals surface area contributed by atoms with Gasteiger partial charge in [-0.05, 0) is 48.9 Å². The van der Waals surface area contributed by atoms with E-state index < -0.39 is 15.9 Å². The van der Waals surface area contributed by atoms with Crippen molar-refractivity contribution < 1.29 is 13.2 Å². The predicted molar refractivity (Wildman–Crippen MR) is 138 cm³/mol. The van der Waals surface area contributed by atoms with Crippen molar-refractivity contribution in [2.24, 2.45) is 0 Å². The maximum absolute atomic E-state index is 13.3. The van der Waals surface area contributed by atoms with Crippen molar-refractivity contribution in [2.75, 3.05) is 19.4 Å². The Kier molecular flexibility index (Phi) is 6.72. The molecule has 0 bridgehead atoms. The summed E-state index contributed by atoms with van der Waals surface area (Å²) >= 11 is 4.86. The second-order valence-electron chi connectivity index (χ2n) is 7.76. The minimum absolute atomic E-state index is 0.120. The maximum atomic E-state index is 13.3. The van der Waals surface area contributed by atoms with Crippen LogP contribution in [0.1, 0.15) is 4.88 Å². The van der Waals surface area contributed by atoms with Gasteiger partial charge < -0.3 is 5.32 Å². The van der Waals surface area contributed by atoms with Crippen molar-refractivity contribution in [3.8, 4) is 11.1 Å². The van der Waals surface area contributed by atoms with Gasteiger partial charge >= 0.3 is 0 Å². The molecule has 2 aromatic carbocycles. The number of rotatable bonds is 6. The number of aromatic nitrogens is 2. The van der Waals surface area contributed by atoms with E-state index in [0.29, 0.717) is 15.9 Å². The Morgan fingerprint density at radius 2 is 1.76 bits per heavy atom. The first-order chi connectivity index (χ1) is 16.1. The Morgan fingerprint density at radius 1 is 1.12 bits per heavy atom. The fourth-order valence-corrected chi connectivity index (χ4v) is 5.66. The number of nitrogens with one attached hydrogen (secondary N) is 1. The summed E-state index contributed by atoms with van der Waals surface area (Å²) in [7, 11) is -0.661. The third kappa shape index (κ3) is 4.69. The van der Waals surface area contributed by atoms with E-state index in [-0.39, 0.29) is 17.0 Å². The third-order valence-corrected chi connectivity index (χ3v) is 8.59. The number of fused-ring (bicyclic) bond motifs is 1. The molecule has 11 heteroatoms. The van der Waals surface area contributed by atoms with Crippen molar-refractivity contribution in [1.82, 2.24) is 13.9 Å². The summed E-state index contributed by atoms with van der Waals surface area (Å²) in [6, 6.07) is 13.5. The molecule has 0 aliphatic carbocycles. The van der Waals surface area contributed by atoms with Crippen LogP contribution in [0.15, 0.2) is 69.0 Å². The largest absolute Gasteiger partial charge is 0.325 e. The normalized spacial score (nSPS) is 11.8. The first kappa shape index (κ1) is 24.3. The number of anilines is 1. The van der Waals surface area contributed by atoms with E-state index in [1.165, 1.54) is 60.6 Å². The Labute approximate surface area is 209 Å². The highest BCUT2D eigenvalue weighted by atomic mass is 79.9. The summed E-state index contributed by atoms with van der Waals surface area (Å²) < 4.78 is 27.7. The van der Waals surface area contributed by atoms with Gasteiger partial charge in [0.2, 0.25) is 15.9 Å². The summed E-state index contributed by atoms with van der Waals surface area (Å²) in [6.07, 6.45) is 1.37. The molecule has 0 aliphatic heterocycles. The van der Waals surface area contributed by atoms with Crippen LogP contribution in [-0.2, 0) is 21.4 Å². The van der Waals surface area contributed by atoms with Crippen LogP contribution in [0.25, 0.3) is 21.3 Å². The molecule has 2 heterocycles. The Hall–Kier alpha value is -2.86. The molecule has 0 saturated heterocycles. The molecule has 2 aromatic heterocycles. The van der Waals surface area contributed by atoms with Crippen molar-refractivity contribution in [3.63, 3.8) is 0 Å². The van der Waals surface area contributed by atoms with Gasteiger partial charge in [-0.15, -0.1) is 11.3 Å². The van der Waals surface area contributed by atoms with Crippen LogP contribution in [0.5, 0.6) is 0 Å². The lowest BCUT2D eigenvalue weighted by Crippen LogP contribution is -2.27. The Morgan fingerprint density at radius 3 is 2.38 bits per heavy atom. The van der Waals surface area contributed by atoms with Crippen LogP contribution in [-0.4, -0.2) is 42.3 Å². The second kappa shape index (κ2) is 9.41. The number of amides is 1. The van der Waals surface area contributed by atoms with Crippen molar-refractivity contribution in [2.45, 2.75) is 18.4 Å². The van der Waals surface area contributed by atoms with Gasteiger partial charge in [-0.2, -0.15) is 0 Å². The molecule has 176 valence electrons. The first-order valence-corrected chi connectivity index (χ1v) is 13.2. The van der Waals surface area contributed by atoms with Crippen molar-refractivity contribution in [1.29, 1.82) is 0 Å². The molecule has 0 spiro atoms. The summed E-state index contributed by atoms with van der Waals surface area (Å²) in [5.74, 6) is -0.427. The average molecular weight is 561 g/mol. The fourth-order valence-electron chi connectivity index (χ4n) is 3.49. The molecule has 0 fully saturated rings. The van der Waals surface area contributed by atoms with E-state index in [1.54, 1.807) is 0 Å². The van der Waals surface area contributed by atoms with Gasteiger partial charge in [0.1, 0.15) is 11.4 Å². The topological polar surface area (TPSA) is 101 Å². The minimum Gasteiger partial charge on any atom is -0.325 e. The number of thiophene rings is 1. The van der Waals surface area contributed by atoms with Gasteiger partial charge in [0, 0.05) is 34.7 Å². The molecule has 8 nitrogen and oxygen atoms in total. The lowest BCUT2D eigenvalue weighted by molar-refractivity contribution is -0.116. The quantitative estimate of drug-likeness (QED) is 0.382. The zero-order valence-electron chi connectivity index (χ0n) is 18.6. The first-order valence-electron chi connectivity index (χ1n) is 10.1. The van der Waals surface area contributed by atoms with E-state index in [1.807, 2.05) is 31.2 Å². The van der Waals surface area contributed by atoms with E-state index in [4.69, 9.17) is 0 Å².